The molecule has 14 heteroatoms. The molecule has 0 spiro atoms. The Hall–Kier alpha value is -1.92. The van der Waals surface area contributed by atoms with Crippen molar-refractivity contribution < 1.29 is 41.2 Å². The van der Waals surface area contributed by atoms with Crippen LogP contribution in [-0.2, 0) is 32.4 Å². The summed E-state index contributed by atoms with van der Waals surface area (Å²) in [5, 5.41) is 0. The SMILES string of the molecule is CC(C)OC(=O)[C@@H](C)CCOP1(=O)OC[C@H]2O[C@@H](n3ccc(N)nc3=O)C(F)(F)[C@@H]2O1. The van der Waals surface area contributed by atoms with Crippen molar-refractivity contribution >= 4 is 19.6 Å². The minimum absolute atomic E-state index is 0.110. The van der Waals surface area contributed by atoms with Gasteiger partial charge in [0.05, 0.1) is 25.2 Å². The van der Waals surface area contributed by atoms with E-state index in [4.69, 9.17) is 28.8 Å². The molecule has 174 valence electrons. The molecular weight excluding hydrogens is 443 g/mol. The topological polar surface area (TPSA) is 141 Å². The molecule has 0 saturated carbocycles. The van der Waals surface area contributed by atoms with Gasteiger partial charge in [-0.3, -0.25) is 22.9 Å². The summed E-state index contributed by atoms with van der Waals surface area (Å²) in [6, 6.07) is 1.17. The number of ether oxygens (including phenoxy) is 2. The highest BCUT2D eigenvalue weighted by Gasteiger charge is 2.65. The van der Waals surface area contributed by atoms with E-state index in [1.54, 1.807) is 20.8 Å². The van der Waals surface area contributed by atoms with E-state index in [0.717, 1.165) is 6.20 Å². The van der Waals surface area contributed by atoms with Crippen LogP contribution in [0, 0.1) is 5.92 Å². The van der Waals surface area contributed by atoms with Crippen LogP contribution in [0.3, 0.4) is 0 Å². The third-order valence-electron chi connectivity index (χ3n) is 4.65. The van der Waals surface area contributed by atoms with Crippen LogP contribution in [0.25, 0.3) is 0 Å². The van der Waals surface area contributed by atoms with E-state index >= 15 is 0 Å². The fraction of sp³-hybridized carbons (Fsp3) is 0.706. The third kappa shape index (κ3) is 5.12. The number of phosphoric ester groups is 1. The van der Waals surface area contributed by atoms with Gasteiger partial charge < -0.3 is 15.2 Å². The molecule has 11 nitrogen and oxygen atoms in total. The van der Waals surface area contributed by atoms with Crippen molar-refractivity contribution in [2.24, 2.45) is 5.92 Å². The smallest absolute Gasteiger partial charge is 0.463 e. The molecule has 1 aromatic heterocycles. The van der Waals surface area contributed by atoms with Crippen LogP contribution in [0.5, 0.6) is 0 Å². The maximum atomic E-state index is 15.0. The van der Waals surface area contributed by atoms with Crippen LogP contribution in [0.15, 0.2) is 17.1 Å². The second-order valence-electron chi connectivity index (χ2n) is 7.52. The lowest BCUT2D eigenvalue weighted by molar-refractivity contribution is -0.152. The summed E-state index contributed by atoms with van der Waals surface area (Å²) in [6.45, 7) is 4.23. The maximum Gasteiger partial charge on any atom is 0.475 e. The van der Waals surface area contributed by atoms with E-state index in [-0.39, 0.29) is 24.9 Å². The molecule has 0 bridgehead atoms. The number of alkyl halides is 2. The fourth-order valence-electron chi connectivity index (χ4n) is 3.05. The second-order valence-corrected chi connectivity index (χ2v) is 9.14. The average Bonchev–Trinajstić information content (AvgIpc) is 2.91. The number of hydrogen-bond donors (Lipinski definition) is 1. The predicted octanol–water partition coefficient (Wildman–Crippen LogP) is 1.88. The van der Waals surface area contributed by atoms with Gasteiger partial charge >= 0.3 is 25.4 Å². The number of carbonyl (C=O) groups is 1. The summed E-state index contributed by atoms with van der Waals surface area (Å²) in [7, 11) is -4.35. The van der Waals surface area contributed by atoms with E-state index in [9.17, 15) is 22.9 Å². The summed E-state index contributed by atoms with van der Waals surface area (Å²) in [5.74, 6) is -4.92. The van der Waals surface area contributed by atoms with Gasteiger partial charge in [-0.25, -0.2) is 9.36 Å². The molecule has 2 saturated heterocycles. The first kappa shape index (κ1) is 23.7. The van der Waals surface area contributed by atoms with Crippen LogP contribution < -0.4 is 11.4 Å². The summed E-state index contributed by atoms with van der Waals surface area (Å²) >= 11 is 0. The zero-order valence-corrected chi connectivity index (χ0v) is 18.0. The molecule has 5 atom stereocenters. The number of nitrogens with zero attached hydrogens (tertiary/aromatic N) is 2. The second kappa shape index (κ2) is 8.91. The zero-order chi connectivity index (χ0) is 23.0. The van der Waals surface area contributed by atoms with Crippen molar-refractivity contribution in [3.63, 3.8) is 0 Å². The van der Waals surface area contributed by atoms with Crippen molar-refractivity contribution in [2.75, 3.05) is 18.9 Å². The van der Waals surface area contributed by atoms with Gasteiger partial charge in [-0.2, -0.15) is 13.8 Å². The van der Waals surface area contributed by atoms with E-state index in [1.165, 1.54) is 6.07 Å². The van der Waals surface area contributed by atoms with E-state index in [0.29, 0.717) is 4.57 Å². The zero-order valence-electron chi connectivity index (χ0n) is 17.1. The van der Waals surface area contributed by atoms with Crippen LogP contribution in [0.2, 0.25) is 0 Å². The molecule has 2 fully saturated rings. The van der Waals surface area contributed by atoms with Crippen molar-refractivity contribution in [2.45, 2.75) is 57.7 Å². The molecule has 2 aliphatic heterocycles. The number of aromatic nitrogens is 2. The minimum atomic E-state index is -4.35. The monoisotopic (exact) mass is 467 g/mol. The molecular formula is C17H24F2N3O8P. The van der Waals surface area contributed by atoms with Gasteiger partial charge in [0, 0.05) is 6.20 Å². The Balaban J connectivity index is 1.64. The number of rotatable bonds is 7. The van der Waals surface area contributed by atoms with Gasteiger partial charge in [-0.05, 0) is 26.3 Å². The Bertz CT molecular complexity index is 927. The van der Waals surface area contributed by atoms with Gasteiger partial charge in [-0.15, -0.1) is 0 Å². The fourth-order valence-corrected chi connectivity index (χ4v) is 4.45. The highest BCUT2D eigenvalue weighted by Crippen LogP contribution is 2.59. The number of halogens is 2. The maximum absolute atomic E-state index is 15.0. The lowest BCUT2D eigenvalue weighted by Crippen LogP contribution is -2.45. The van der Waals surface area contributed by atoms with Crippen LogP contribution >= 0.6 is 7.82 Å². The Kier molecular flexibility index (Phi) is 6.82. The van der Waals surface area contributed by atoms with Crippen LogP contribution in [-0.4, -0.2) is 53.0 Å². The minimum Gasteiger partial charge on any atom is -0.463 e. The summed E-state index contributed by atoms with van der Waals surface area (Å²) in [6.07, 6.45) is -4.49. The van der Waals surface area contributed by atoms with Crippen molar-refractivity contribution in [1.29, 1.82) is 0 Å². The summed E-state index contributed by atoms with van der Waals surface area (Å²) in [5.41, 5.74) is 4.34. The number of nitrogen functional groups attached to an aromatic ring is 1. The summed E-state index contributed by atoms with van der Waals surface area (Å²) < 4.78 is 68.6. The van der Waals surface area contributed by atoms with E-state index in [1.807, 2.05) is 0 Å². The summed E-state index contributed by atoms with van der Waals surface area (Å²) in [4.78, 5) is 27.1. The van der Waals surface area contributed by atoms with Gasteiger partial charge in [0.1, 0.15) is 11.9 Å². The lowest BCUT2D eigenvalue weighted by Gasteiger charge is -2.31. The molecule has 0 aromatic carbocycles. The molecule has 3 heterocycles. The highest BCUT2D eigenvalue weighted by atomic mass is 31.2. The Morgan fingerprint density at radius 2 is 2.16 bits per heavy atom. The number of fused-ring (bicyclic) bond motifs is 1. The lowest BCUT2D eigenvalue weighted by atomic mass is 10.1. The Morgan fingerprint density at radius 3 is 2.81 bits per heavy atom. The molecule has 0 aliphatic carbocycles. The van der Waals surface area contributed by atoms with Crippen LogP contribution in [0.4, 0.5) is 14.6 Å². The van der Waals surface area contributed by atoms with Crippen LogP contribution in [0.1, 0.15) is 33.4 Å². The largest absolute Gasteiger partial charge is 0.475 e. The Labute approximate surface area is 176 Å². The quantitative estimate of drug-likeness (QED) is 0.467. The number of phosphoric acid groups is 1. The molecule has 3 rings (SSSR count). The first-order valence-corrected chi connectivity index (χ1v) is 11.0. The van der Waals surface area contributed by atoms with Crippen molar-refractivity contribution in [3.8, 4) is 0 Å². The van der Waals surface area contributed by atoms with Crippen molar-refractivity contribution in [3.05, 3.63) is 22.7 Å². The van der Waals surface area contributed by atoms with Gasteiger partial charge in [0.2, 0.25) is 6.23 Å². The van der Waals surface area contributed by atoms with E-state index < -0.39 is 56.4 Å². The Morgan fingerprint density at radius 1 is 1.45 bits per heavy atom. The first-order valence-electron chi connectivity index (χ1n) is 9.59. The number of nitrogens with two attached hydrogens (primary N) is 1. The molecule has 1 unspecified atom stereocenters. The first-order chi connectivity index (χ1) is 14.4. The standard InChI is InChI=1S/C17H24F2N3O8P/c1-9(2)28-14(23)10(3)5-7-26-31(25)27-8-11-13(30-31)17(18,19)15(29-11)22-6-4-12(20)21-16(22)24/h4,6,9-11,13,15H,5,7-8H2,1-3H3,(H2,20,21,24)/t10-,11+,13+,15+,31?/m0/s1. The third-order valence-corrected chi connectivity index (χ3v) is 6.10. The van der Waals surface area contributed by atoms with Crippen molar-refractivity contribution in [1.82, 2.24) is 9.55 Å². The molecule has 2 N–H and O–H groups in total. The molecule has 31 heavy (non-hydrogen) atoms. The average molecular weight is 467 g/mol. The normalized spacial score (nSPS) is 30.7. The predicted molar refractivity (Wildman–Crippen MR) is 101 cm³/mol. The molecule has 0 amide bonds. The number of anilines is 1. The molecule has 2 aliphatic rings. The molecule has 0 radical (unpaired) electrons. The van der Waals surface area contributed by atoms with Gasteiger partial charge in [0.25, 0.3) is 0 Å². The van der Waals surface area contributed by atoms with Gasteiger partial charge in [-0.1, -0.05) is 6.92 Å². The molecule has 1 aromatic rings. The van der Waals surface area contributed by atoms with Gasteiger partial charge in [0.15, 0.2) is 6.10 Å². The number of hydrogen-bond acceptors (Lipinski definition) is 10. The highest BCUT2D eigenvalue weighted by molar-refractivity contribution is 7.48. The van der Waals surface area contributed by atoms with E-state index in [2.05, 4.69) is 4.98 Å². The number of carbonyl (C=O) groups excluding carboxylic acids is 1. The number of esters is 1.